The number of unbranched alkanes of at least 4 members (excludes halogenated alkanes) is 2. The van der Waals surface area contributed by atoms with E-state index >= 15 is 0 Å². The molecular weight excluding hydrogens is 168 g/mol. The van der Waals surface area contributed by atoms with Gasteiger partial charge in [-0.1, -0.05) is 55.7 Å². The van der Waals surface area contributed by atoms with Gasteiger partial charge in [-0.25, -0.2) is 0 Å². The number of hydrogen-bond donors (Lipinski definition) is 0. The standard InChI is InChI=1S/C14H20/c1-2-3-4-8-13-10-12-7-5-6-9-14(13)11-12/h5-9,12,14H,2-4,10-11H2,1H3/b13-8+. The molecule has 2 bridgehead atoms. The highest BCUT2D eigenvalue weighted by atomic mass is 14.3. The van der Waals surface area contributed by atoms with Crippen molar-refractivity contribution in [3.63, 3.8) is 0 Å². The lowest BCUT2D eigenvalue weighted by Crippen LogP contribution is -1.91. The first-order chi connectivity index (χ1) is 6.90. The second-order valence-electron chi connectivity index (χ2n) is 4.50. The van der Waals surface area contributed by atoms with E-state index < -0.39 is 0 Å². The number of fused-ring (bicyclic) bond motifs is 2. The zero-order valence-electron chi connectivity index (χ0n) is 9.08. The summed E-state index contributed by atoms with van der Waals surface area (Å²) in [6.07, 6.45) is 18.3. The summed E-state index contributed by atoms with van der Waals surface area (Å²) in [5.74, 6) is 1.58. The van der Waals surface area contributed by atoms with Gasteiger partial charge in [0.2, 0.25) is 0 Å². The lowest BCUT2D eigenvalue weighted by atomic mass is 10.0. The summed E-state index contributed by atoms with van der Waals surface area (Å²) in [6.45, 7) is 2.26. The largest absolute Gasteiger partial charge is 0.0847 e. The highest BCUT2D eigenvalue weighted by Crippen LogP contribution is 2.39. The third kappa shape index (κ3) is 2.17. The maximum atomic E-state index is 2.50. The Hall–Kier alpha value is -0.780. The summed E-state index contributed by atoms with van der Waals surface area (Å²) >= 11 is 0. The summed E-state index contributed by atoms with van der Waals surface area (Å²) < 4.78 is 0. The Morgan fingerprint density at radius 1 is 1.36 bits per heavy atom. The van der Waals surface area contributed by atoms with Crippen LogP contribution in [0.2, 0.25) is 0 Å². The van der Waals surface area contributed by atoms with Gasteiger partial charge in [0.15, 0.2) is 0 Å². The number of rotatable bonds is 3. The molecule has 0 nitrogen and oxygen atoms in total. The molecule has 0 amide bonds. The van der Waals surface area contributed by atoms with Gasteiger partial charge in [0.05, 0.1) is 0 Å². The third-order valence-corrected chi connectivity index (χ3v) is 3.33. The van der Waals surface area contributed by atoms with Crippen LogP contribution >= 0.6 is 0 Å². The van der Waals surface area contributed by atoms with Gasteiger partial charge in [0.25, 0.3) is 0 Å². The van der Waals surface area contributed by atoms with Crippen molar-refractivity contribution < 1.29 is 0 Å². The molecule has 2 unspecified atom stereocenters. The number of hydrogen-bond acceptors (Lipinski definition) is 0. The summed E-state index contributed by atoms with van der Waals surface area (Å²) in [6, 6.07) is 0. The van der Waals surface area contributed by atoms with Crippen LogP contribution in [-0.4, -0.2) is 0 Å². The zero-order chi connectivity index (χ0) is 9.80. The lowest BCUT2D eigenvalue weighted by Gasteiger charge is -2.05. The Balaban J connectivity index is 1.98. The van der Waals surface area contributed by atoms with Crippen LogP contribution in [0.5, 0.6) is 0 Å². The summed E-state index contributed by atoms with van der Waals surface area (Å²) in [4.78, 5) is 0. The van der Waals surface area contributed by atoms with Crippen molar-refractivity contribution in [2.45, 2.75) is 39.0 Å². The molecule has 2 rings (SSSR count). The predicted octanol–water partition coefficient (Wildman–Crippen LogP) is 4.26. The fourth-order valence-corrected chi connectivity index (χ4v) is 2.51. The molecule has 0 aromatic rings. The van der Waals surface area contributed by atoms with Gasteiger partial charge < -0.3 is 0 Å². The van der Waals surface area contributed by atoms with E-state index in [4.69, 9.17) is 0 Å². The van der Waals surface area contributed by atoms with E-state index in [9.17, 15) is 0 Å². The molecule has 2 aliphatic rings. The van der Waals surface area contributed by atoms with E-state index in [-0.39, 0.29) is 0 Å². The van der Waals surface area contributed by atoms with Gasteiger partial charge in [-0.05, 0) is 31.1 Å². The quantitative estimate of drug-likeness (QED) is 0.458. The first-order valence-corrected chi connectivity index (χ1v) is 5.94. The fraction of sp³-hybridized carbons (Fsp3) is 0.571. The van der Waals surface area contributed by atoms with E-state index in [1.807, 2.05) is 0 Å². The monoisotopic (exact) mass is 188 g/mol. The minimum absolute atomic E-state index is 0.756. The van der Waals surface area contributed by atoms with Crippen molar-refractivity contribution in [1.29, 1.82) is 0 Å². The Bertz CT molecular complexity index is 268. The van der Waals surface area contributed by atoms with Crippen molar-refractivity contribution >= 4 is 0 Å². The van der Waals surface area contributed by atoms with Gasteiger partial charge in [-0.15, -0.1) is 0 Å². The molecule has 0 N–H and O–H groups in total. The van der Waals surface area contributed by atoms with Gasteiger partial charge in [-0.3, -0.25) is 0 Å². The van der Waals surface area contributed by atoms with Gasteiger partial charge >= 0.3 is 0 Å². The highest BCUT2D eigenvalue weighted by molar-refractivity contribution is 5.26. The van der Waals surface area contributed by atoms with Crippen molar-refractivity contribution in [3.8, 4) is 0 Å². The molecule has 0 aromatic heterocycles. The molecule has 0 heterocycles. The fourth-order valence-electron chi connectivity index (χ4n) is 2.51. The summed E-state index contributed by atoms with van der Waals surface area (Å²) in [7, 11) is 0. The molecular formula is C14H20. The Kier molecular flexibility index (Phi) is 3.23. The molecule has 76 valence electrons. The maximum Gasteiger partial charge on any atom is -0.00142 e. The molecule has 0 saturated heterocycles. The molecule has 2 atom stereocenters. The normalized spacial score (nSPS) is 32.5. The molecule has 0 spiro atoms. The third-order valence-electron chi connectivity index (χ3n) is 3.33. The highest BCUT2D eigenvalue weighted by Gasteiger charge is 2.26. The van der Waals surface area contributed by atoms with Crippen LogP contribution in [-0.2, 0) is 0 Å². The smallest absolute Gasteiger partial charge is 0.00142 e. The Labute approximate surface area is 87.4 Å². The number of allylic oxidation sites excluding steroid dienone is 6. The Morgan fingerprint density at radius 3 is 3.07 bits per heavy atom. The topological polar surface area (TPSA) is 0 Å². The summed E-state index contributed by atoms with van der Waals surface area (Å²) in [5, 5.41) is 0. The predicted molar refractivity (Wildman–Crippen MR) is 62.1 cm³/mol. The first kappa shape index (κ1) is 9.76. The minimum atomic E-state index is 0.756. The SMILES string of the molecule is CCCC/C=C1\CC2C=CC=CC1C2. The van der Waals surface area contributed by atoms with Gasteiger partial charge in [0.1, 0.15) is 0 Å². The van der Waals surface area contributed by atoms with Crippen LogP contribution in [0.25, 0.3) is 0 Å². The van der Waals surface area contributed by atoms with Gasteiger partial charge in [-0.2, -0.15) is 0 Å². The molecule has 0 heteroatoms. The van der Waals surface area contributed by atoms with Crippen LogP contribution in [0.3, 0.4) is 0 Å². The molecule has 0 radical (unpaired) electrons. The van der Waals surface area contributed by atoms with Gasteiger partial charge in [0, 0.05) is 0 Å². The van der Waals surface area contributed by atoms with Crippen LogP contribution < -0.4 is 0 Å². The second kappa shape index (κ2) is 4.63. The first-order valence-electron chi connectivity index (χ1n) is 5.94. The zero-order valence-corrected chi connectivity index (χ0v) is 9.08. The van der Waals surface area contributed by atoms with E-state index in [1.165, 1.54) is 32.1 Å². The van der Waals surface area contributed by atoms with Crippen LogP contribution in [0.4, 0.5) is 0 Å². The minimum Gasteiger partial charge on any atom is -0.0847 e. The van der Waals surface area contributed by atoms with E-state index in [1.54, 1.807) is 5.57 Å². The lowest BCUT2D eigenvalue weighted by molar-refractivity contribution is 0.651. The molecule has 0 aromatic carbocycles. The average molecular weight is 188 g/mol. The molecule has 14 heavy (non-hydrogen) atoms. The molecule has 1 saturated carbocycles. The molecule has 0 aliphatic heterocycles. The van der Waals surface area contributed by atoms with Crippen LogP contribution in [0, 0.1) is 11.8 Å². The van der Waals surface area contributed by atoms with Crippen LogP contribution in [0.1, 0.15) is 39.0 Å². The van der Waals surface area contributed by atoms with E-state index in [0.717, 1.165) is 11.8 Å². The van der Waals surface area contributed by atoms with Crippen molar-refractivity contribution in [1.82, 2.24) is 0 Å². The van der Waals surface area contributed by atoms with Crippen molar-refractivity contribution in [3.05, 3.63) is 36.0 Å². The average Bonchev–Trinajstić information content (AvgIpc) is 2.41. The van der Waals surface area contributed by atoms with E-state index in [2.05, 4.69) is 37.3 Å². The van der Waals surface area contributed by atoms with Crippen LogP contribution in [0.15, 0.2) is 36.0 Å². The maximum absolute atomic E-state index is 2.50. The second-order valence-corrected chi connectivity index (χ2v) is 4.50. The van der Waals surface area contributed by atoms with Crippen molar-refractivity contribution in [2.24, 2.45) is 11.8 Å². The molecule has 1 fully saturated rings. The Morgan fingerprint density at radius 2 is 2.21 bits per heavy atom. The van der Waals surface area contributed by atoms with E-state index in [0.29, 0.717) is 0 Å². The summed E-state index contributed by atoms with van der Waals surface area (Å²) in [5.41, 5.74) is 1.70. The van der Waals surface area contributed by atoms with Crippen molar-refractivity contribution in [2.75, 3.05) is 0 Å². The molecule has 2 aliphatic carbocycles.